The van der Waals surface area contributed by atoms with Crippen molar-refractivity contribution >= 4 is 35.1 Å². The molecule has 0 aromatic heterocycles. The van der Waals surface area contributed by atoms with E-state index in [4.69, 9.17) is 11.6 Å². The van der Waals surface area contributed by atoms with Crippen LogP contribution in [0.2, 0.25) is 5.02 Å². The van der Waals surface area contributed by atoms with Crippen LogP contribution in [-0.4, -0.2) is 66.5 Å². The first-order valence-electron chi connectivity index (χ1n) is 8.83. The fourth-order valence-electron chi connectivity index (χ4n) is 3.49. The molecule has 1 N–H and O–H groups in total. The van der Waals surface area contributed by atoms with Gasteiger partial charge in [0.2, 0.25) is 0 Å². The highest BCUT2D eigenvalue weighted by atomic mass is 35.5. The average molecular weight is 380 g/mol. The molecule has 1 aromatic carbocycles. The van der Waals surface area contributed by atoms with Crippen molar-refractivity contribution in [1.29, 1.82) is 0 Å². The fraction of sp³-hybridized carbons (Fsp3) is 0.500. The molecule has 2 heterocycles. The minimum Gasteiger partial charge on any atom is -0.360 e. The van der Waals surface area contributed by atoms with Gasteiger partial charge in [0, 0.05) is 16.8 Å². The molecule has 2 fully saturated rings. The molecule has 1 aromatic rings. The van der Waals surface area contributed by atoms with E-state index in [9.17, 15) is 14.4 Å². The molecule has 0 unspecified atom stereocenters. The number of anilines is 1. The second kappa shape index (κ2) is 7.25. The molecule has 0 bridgehead atoms. The predicted octanol–water partition coefficient (Wildman–Crippen LogP) is 0.510. The third-order valence-corrected chi connectivity index (χ3v) is 5.20. The number of halogens is 1. The number of piperazine rings is 1. The lowest BCUT2D eigenvalue weighted by Crippen LogP contribution is -3.16. The van der Waals surface area contributed by atoms with Gasteiger partial charge in [-0.2, -0.15) is 0 Å². The van der Waals surface area contributed by atoms with Gasteiger partial charge in [-0.1, -0.05) is 17.7 Å². The van der Waals surface area contributed by atoms with E-state index in [1.807, 2.05) is 18.2 Å². The summed E-state index contributed by atoms with van der Waals surface area (Å²) in [5.41, 5.74) is 2.28. The molecule has 7 nitrogen and oxygen atoms in total. The zero-order valence-electron chi connectivity index (χ0n) is 15.3. The van der Waals surface area contributed by atoms with Crippen molar-refractivity contribution < 1.29 is 19.3 Å². The topological polar surface area (TPSA) is 65.4 Å². The highest BCUT2D eigenvalue weighted by Gasteiger charge is 2.47. The smallest absolute Gasteiger partial charge is 0.338 e. The predicted molar refractivity (Wildman–Crippen MR) is 98.2 cm³/mol. The maximum absolute atomic E-state index is 12.4. The van der Waals surface area contributed by atoms with Gasteiger partial charge >= 0.3 is 17.8 Å². The van der Waals surface area contributed by atoms with E-state index in [0.29, 0.717) is 5.02 Å². The summed E-state index contributed by atoms with van der Waals surface area (Å²) in [6, 6.07) is 5.03. The van der Waals surface area contributed by atoms with Gasteiger partial charge in [-0.25, -0.2) is 9.69 Å². The number of amides is 4. The fourth-order valence-corrected chi connectivity index (χ4v) is 3.65. The highest BCUT2D eigenvalue weighted by Crippen LogP contribution is 2.24. The minimum absolute atomic E-state index is 0.231. The van der Waals surface area contributed by atoms with Crippen LogP contribution in [0.4, 0.5) is 10.5 Å². The zero-order chi connectivity index (χ0) is 19.0. The average Bonchev–Trinajstić information content (AvgIpc) is 2.81. The van der Waals surface area contributed by atoms with Gasteiger partial charge in [0.15, 0.2) is 6.67 Å². The molecule has 26 heavy (non-hydrogen) atoms. The molecule has 2 aliphatic rings. The lowest BCUT2D eigenvalue weighted by atomic mass is 10.1. The summed E-state index contributed by atoms with van der Waals surface area (Å²) in [5, 5.41) is 0.709. The molecule has 2 saturated heterocycles. The summed E-state index contributed by atoms with van der Waals surface area (Å²) in [5.74, 6) is -1.44. The van der Waals surface area contributed by atoms with E-state index in [-0.39, 0.29) is 12.7 Å². The third kappa shape index (κ3) is 3.41. The van der Waals surface area contributed by atoms with Crippen LogP contribution in [0.15, 0.2) is 18.2 Å². The molecular formula is C18H24ClN4O3+. The summed E-state index contributed by atoms with van der Waals surface area (Å²) in [6.45, 7) is 8.89. The van der Waals surface area contributed by atoms with Crippen molar-refractivity contribution in [2.24, 2.45) is 0 Å². The first-order chi connectivity index (χ1) is 12.3. The molecule has 140 valence electrons. The van der Waals surface area contributed by atoms with Crippen LogP contribution < -0.4 is 9.80 Å². The van der Waals surface area contributed by atoms with Crippen molar-refractivity contribution in [2.45, 2.75) is 26.8 Å². The normalized spacial score (nSPS) is 19.3. The number of hydrogen-bond donors (Lipinski definition) is 1. The highest BCUT2D eigenvalue weighted by molar-refractivity contribution is 6.44. The second-order valence-corrected chi connectivity index (χ2v) is 7.55. The number of carbonyl (C=O) groups excluding carboxylic acids is 3. The van der Waals surface area contributed by atoms with Crippen molar-refractivity contribution in [1.82, 2.24) is 9.80 Å². The quantitative estimate of drug-likeness (QED) is 0.611. The van der Waals surface area contributed by atoms with Crippen molar-refractivity contribution in [3.63, 3.8) is 0 Å². The Bertz CT molecular complexity index is 744. The number of aryl methyl sites for hydroxylation is 1. The van der Waals surface area contributed by atoms with E-state index in [0.717, 1.165) is 46.6 Å². The molecular weight excluding hydrogens is 356 g/mol. The second-order valence-electron chi connectivity index (χ2n) is 7.11. The van der Waals surface area contributed by atoms with Crippen LogP contribution in [-0.2, 0) is 9.59 Å². The Morgan fingerprint density at radius 1 is 1.12 bits per heavy atom. The van der Waals surface area contributed by atoms with Crippen LogP contribution >= 0.6 is 11.6 Å². The molecule has 0 radical (unpaired) electrons. The van der Waals surface area contributed by atoms with E-state index in [2.05, 4.69) is 11.8 Å². The molecule has 0 saturated carbocycles. The Morgan fingerprint density at radius 2 is 1.77 bits per heavy atom. The number of nitrogens with zero attached hydrogens (tertiary/aromatic N) is 3. The third-order valence-electron chi connectivity index (χ3n) is 4.96. The monoisotopic (exact) mass is 379 g/mol. The summed E-state index contributed by atoms with van der Waals surface area (Å²) >= 11 is 6.11. The lowest BCUT2D eigenvalue weighted by molar-refractivity contribution is -0.907. The Kier molecular flexibility index (Phi) is 5.20. The molecule has 2 aliphatic heterocycles. The van der Waals surface area contributed by atoms with E-state index < -0.39 is 17.8 Å². The molecule has 0 aliphatic carbocycles. The number of rotatable bonds is 4. The molecule has 8 heteroatoms. The number of nitrogens with one attached hydrogen (secondary N) is 1. The van der Waals surface area contributed by atoms with Gasteiger partial charge in [0.05, 0.1) is 26.2 Å². The molecule has 3 rings (SSSR count). The number of urea groups is 1. The largest absolute Gasteiger partial charge is 0.360 e. The lowest BCUT2D eigenvalue weighted by Gasteiger charge is -2.35. The number of imide groups is 2. The van der Waals surface area contributed by atoms with Crippen molar-refractivity contribution in [3.05, 3.63) is 28.8 Å². The van der Waals surface area contributed by atoms with Crippen LogP contribution in [0.5, 0.6) is 0 Å². The van der Waals surface area contributed by atoms with Gasteiger partial charge in [0.25, 0.3) is 0 Å². The van der Waals surface area contributed by atoms with Crippen molar-refractivity contribution in [3.8, 4) is 0 Å². The van der Waals surface area contributed by atoms with Crippen LogP contribution in [0, 0.1) is 6.92 Å². The number of carbonyl (C=O) groups is 3. The zero-order valence-corrected chi connectivity index (χ0v) is 16.0. The molecule has 0 atom stereocenters. The van der Waals surface area contributed by atoms with Crippen LogP contribution in [0.25, 0.3) is 0 Å². The van der Waals surface area contributed by atoms with E-state index >= 15 is 0 Å². The minimum atomic E-state index is -0.724. The Labute approximate surface area is 158 Å². The van der Waals surface area contributed by atoms with Gasteiger partial charge in [0.1, 0.15) is 0 Å². The van der Waals surface area contributed by atoms with Crippen molar-refractivity contribution in [2.75, 3.05) is 37.7 Å². The number of quaternary nitrogens is 1. The maximum Gasteiger partial charge on any atom is 0.338 e. The summed E-state index contributed by atoms with van der Waals surface area (Å²) < 4.78 is 0. The Morgan fingerprint density at radius 3 is 2.35 bits per heavy atom. The van der Waals surface area contributed by atoms with E-state index in [1.54, 1.807) is 13.8 Å². The first-order valence-corrected chi connectivity index (χ1v) is 9.21. The maximum atomic E-state index is 12.4. The number of hydrogen-bond acceptors (Lipinski definition) is 4. The number of benzene rings is 1. The Balaban J connectivity index is 1.62. The Hall–Kier alpha value is -2.12. The van der Waals surface area contributed by atoms with Crippen LogP contribution in [0.1, 0.15) is 19.4 Å². The standard InChI is InChI=1S/C18H23ClN4O3/c1-12(2)23-17(25)16(24)22(18(23)26)11-20-6-8-21(9-7-20)15-10-14(19)5-4-13(15)3/h4-5,10,12H,6-9,11H2,1-3H3/p+1. The molecule has 4 amide bonds. The van der Waals surface area contributed by atoms with Crippen LogP contribution in [0.3, 0.4) is 0 Å². The molecule has 0 spiro atoms. The first kappa shape index (κ1) is 18.7. The summed E-state index contributed by atoms with van der Waals surface area (Å²) in [7, 11) is 0. The summed E-state index contributed by atoms with van der Waals surface area (Å²) in [4.78, 5) is 42.0. The van der Waals surface area contributed by atoms with E-state index in [1.165, 1.54) is 5.56 Å². The summed E-state index contributed by atoms with van der Waals surface area (Å²) in [6.07, 6.45) is 0. The van der Waals surface area contributed by atoms with Gasteiger partial charge < -0.3 is 9.80 Å². The SMILES string of the molecule is Cc1ccc(Cl)cc1N1CC[NH+](CN2C(=O)C(=O)N(C(C)C)C2=O)CC1. The van der Waals surface area contributed by atoms with Gasteiger partial charge in [-0.05, 0) is 38.5 Å². The van der Waals surface area contributed by atoms with Gasteiger partial charge in [-0.15, -0.1) is 0 Å². The van der Waals surface area contributed by atoms with Gasteiger partial charge in [-0.3, -0.25) is 14.5 Å².